The van der Waals surface area contributed by atoms with Gasteiger partial charge in [-0.15, -0.1) is 0 Å². The normalized spacial score (nSPS) is 11.1. The highest BCUT2D eigenvalue weighted by molar-refractivity contribution is 5.83. The van der Waals surface area contributed by atoms with Crippen LogP contribution in [0.5, 0.6) is 0 Å². The van der Waals surface area contributed by atoms with E-state index in [1.165, 1.54) is 27.6 Å². The number of hydrogen-bond donors (Lipinski definition) is 0. The van der Waals surface area contributed by atoms with E-state index < -0.39 is 0 Å². The molecule has 0 saturated heterocycles. The first-order valence-electron chi connectivity index (χ1n) is 6.75. The van der Waals surface area contributed by atoms with Crippen LogP contribution in [-0.4, -0.2) is 9.55 Å². The summed E-state index contributed by atoms with van der Waals surface area (Å²) < 4.78 is 2.32. The fourth-order valence-corrected chi connectivity index (χ4v) is 2.66. The van der Waals surface area contributed by atoms with Crippen LogP contribution in [0.2, 0.25) is 0 Å². The van der Waals surface area contributed by atoms with Crippen molar-refractivity contribution >= 4 is 10.9 Å². The van der Waals surface area contributed by atoms with E-state index in [0.29, 0.717) is 0 Å². The highest BCUT2D eigenvalue weighted by Crippen LogP contribution is 2.22. The fraction of sp³-hybridized carbons (Fsp3) is 0.235. The monoisotopic (exact) mass is 250 g/mol. The maximum Gasteiger partial charge on any atom is 0.0515 e. The number of rotatable bonds is 3. The summed E-state index contributed by atoms with van der Waals surface area (Å²) >= 11 is 0. The molecule has 2 nitrogen and oxygen atoms in total. The summed E-state index contributed by atoms with van der Waals surface area (Å²) in [5.74, 6) is 0. The lowest BCUT2D eigenvalue weighted by molar-refractivity contribution is 0.825. The molecular weight excluding hydrogens is 232 g/mol. The molecule has 0 unspecified atom stereocenters. The number of nitrogens with zero attached hydrogens (tertiary/aromatic N) is 2. The van der Waals surface area contributed by atoms with Crippen molar-refractivity contribution in [2.24, 2.45) is 0 Å². The summed E-state index contributed by atoms with van der Waals surface area (Å²) in [4.78, 5) is 4.27. The molecule has 96 valence electrons. The second-order valence-electron chi connectivity index (χ2n) is 5.02. The average molecular weight is 250 g/mol. The molecule has 3 rings (SSSR count). The van der Waals surface area contributed by atoms with E-state index in [1.807, 2.05) is 12.4 Å². The zero-order chi connectivity index (χ0) is 13.2. The lowest BCUT2D eigenvalue weighted by Crippen LogP contribution is -2.00. The van der Waals surface area contributed by atoms with Gasteiger partial charge in [-0.25, -0.2) is 0 Å². The van der Waals surface area contributed by atoms with E-state index in [2.05, 4.69) is 59.9 Å². The summed E-state index contributed by atoms with van der Waals surface area (Å²) in [5.41, 5.74) is 5.22. The Morgan fingerprint density at radius 1 is 1.16 bits per heavy atom. The molecule has 0 amide bonds. The maximum absolute atomic E-state index is 4.27. The molecule has 0 aliphatic rings. The molecule has 0 aliphatic carbocycles. The van der Waals surface area contributed by atoms with Gasteiger partial charge in [0.15, 0.2) is 0 Å². The number of aromatic nitrogens is 2. The molecule has 0 spiro atoms. The van der Waals surface area contributed by atoms with Crippen molar-refractivity contribution in [2.45, 2.75) is 26.8 Å². The van der Waals surface area contributed by atoms with Gasteiger partial charge >= 0.3 is 0 Å². The molecular formula is C17H18N2. The fourth-order valence-electron chi connectivity index (χ4n) is 2.66. The van der Waals surface area contributed by atoms with Gasteiger partial charge in [-0.05, 0) is 41.5 Å². The van der Waals surface area contributed by atoms with Crippen molar-refractivity contribution in [3.8, 4) is 0 Å². The predicted molar refractivity (Wildman–Crippen MR) is 79.4 cm³/mol. The van der Waals surface area contributed by atoms with Gasteiger partial charge in [-0.1, -0.05) is 31.2 Å². The molecule has 19 heavy (non-hydrogen) atoms. The third-order valence-electron chi connectivity index (χ3n) is 3.54. The van der Waals surface area contributed by atoms with Crippen LogP contribution in [-0.2, 0) is 13.0 Å². The SMILES string of the molecule is CCc1cccc2ccn(Cc3cncc(C)c3)c12. The van der Waals surface area contributed by atoms with E-state index in [1.54, 1.807) is 0 Å². The van der Waals surface area contributed by atoms with Crippen molar-refractivity contribution in [3.63, 3.8) is 0 Å². The first-order chi connectivity index (χ1) is 9.28. The first-order valence-corrected chi connectivity index (χ1v) is 6.75. The second kappa shape index (κ2) is 4.88. The second-order valence-corrected chi connectivity index (χ2v) is 5.02. The lowest BCUT2D eigenvalue weighted by Gasteiger charge is -2.09. The summed E-state index contributed by atoms with van der Waals surface area (Å²) in [6.07, 6.45) is 7.09. The molecule has 0 atom stereocenters. The van der Waals surface area contributed by atoms with Gasteiger partial charge in [0.25, 0.3) is 0 Å². The lowest BCUT2D eigenvalue weighted by atomic mass is 10.1. The van der Waals surface area contributed by atoms with Crippen LogP contribution in [0.4, 0.5) is 0 Å². The average Bonchev–Trinajstić information content (AvgIpc) is 2.82. The van der Waals surface area contributed by atoms with Crippen molar-refractivity contribution < 1.29 is 0 Å². The van der Waals surface area contributed by atoms with Crippen LogP contribution in [0.3, 0.4) is 0 Å². The van der Waals surface area contributed by atoms with Gasteiger partial charge in [0.1, 0.15) is 0 Å². The molecule has 2 heterocycles. The minimum Gasteiger partial charge on any atom is -0.343 e. The van der Waals surface area contributed by atoms with Crippen LogP contribution < -0.4 is 0 Å². The van der Waals surface area contributed by atoms with Gasteiger partial charge in [-0.2, -0.15) is 0 Å². The molecule has 1 aromatic carbocycles. The third kappa shape index (κ3) is 2.26. The zero-order valence-electron chi connectivity index (χ0n) is 11.4. The Kier molecular flexibility index (Phi) is 3.08. The Labute approximate surface area is 113 Å². The minimum absolute atomic E-state index is 0.884. The molecule has 0 radical (unpaired) electrons. The number of para-hydroxylation sites is 1. The van der Waals surface area contributed by atoms with E-state index >= 15 is 0 Å². The minimum atomic E-state index is 0.884. The molecule has 0 saturated carbocycles. The smallest absolute Gasteiger partial charge is 0.0515 e. The number of aryl methyl sites for hydroxylation is 2. The van der Waals surface area contributed by atoms with E-state index in [-0.39, 0.29) is 0 Å². The zero-order valence-corrected chi connectivity index (χ0v) is 11.4. The van der Waals surface area contributed by atoms with Gasteiger partial charge in [0.05, 0.1) is 5.52 Å². The Balaban J connectivity index is 2.06. The first kappa shape index (κ1) is 12.0. The molecule has 0 bridgehead atoms. The molecule has 2 aromatic heterocycles. The number of pyridine rings is 1. The Hall–Kier alpha value is -2.09. The van der Waals surface area contributed by atoms with E-state index in [4.69, 9.17) is 0 Å². The molecule has 2 heteroatoms. The van der Waals surface area contributed by atoms with Crippen molar-refractivity contribution in [1.29, 1.82) is 0 Å². The van der Waals surface area contributed by atoms with Crippen LogP contribution >= 0.6 is 0 Å². The molecule has 0 aliphatic heterocycles. The Bertz CT molecular complexity index is 710. The van der Waals surface area contributed by atoms with E-state index in [0.717, 1.165) is 13.0 Å². The maximum atomic E-state index is 4.27. The number of benzene rings is 1. The third-order valence-corrected chi connectivity index (χ3v) is 3.54. The number of fused-ring (bicyclic) bond motifs is 1. The topological polar surface area (TPSA) is 17.8 Å². The molecule has 0 N–H and O–H groups in total. The van der Waals surface area contributed by atoms with Crippen molar-refractivity contribution in [1.82, 2.24) is 9.55 Å². The standard InChI is InChI=1S/C17H18N2/c1-3-15-5-4-6-16-7-8-19(17(15)16)12-14-9-13(2)10-18-11-14/h4-11H,3,12H2,1-2H3. The van der Waals surface area contributed by atoms with Crippen molar-refractivity contribution in [3.05, 3.63) is 65.6 Å². The Morgan fingerprint density at radius 2 is 2.05 bits per heavy atom. The molecule has 3 aromatic rings. The van der Waals surface area contributed by atoms with Gasteiger partial charge in [0.2, 0.25) is 0 Å². The summed E-state index contributed by atoms with van der Waals surface area (Å²) in [6, 6.07) is 10.9. The highest BCUT2D eigenvalue weighted by Gasteiger charge is 2.06. The summed E-state index contributed by atoms with van der Waals surface area (Å²) in [7, 11) is 0. The summed E-state index contributed by atoms with van der Waals surface area (Å²) in [5, 5.41) is 1.32. The Morgan fingerprint density at radius 3 is 2.84 bits per heavy atom. The van der Waals surface area contributed by atoms with Gasteiger partial charge < -0.3 is 4.57 Å². The van der Waals surface area contributed by atoms with Crippen LogP contribution in [0, 0.1) is 6.92 Å². The largest absolute Gasteiger partial charge is 0.343 e. The molecule has 0 fully saturated rings. The predicted octanol–water partition coefficient (Wildman–Crippen LogP) is 3.96. The van der Waals surface area contributed by atoms with Crippen LogP contribution in [0.25, 0.3) is 10.9 Å². The van der Waals surface area contributed by atoms with Gasteiger partial charge in [-0.3, -0.25) is 4.98 Å². The van der Waals surface area contributed by atoms with E-state index in [9.17, 15) is 0 Å². The van der Waals surface area contributed by atoms with Gasteiger partial charge in [0, 0.05) is 25.1 Å². The van der Waals surface area contributed by atoms with Crippen LogP contribution in [0.1, 0.15) is 23.6 Å². The highest BCUT2D eigenvalue weighted by atomic mass is 15.0. The number of hydrogen-bond acceptors (Lipinski definition) is 1. The quantitative estimate of drug-likeness (QED) is 0.688. The van der Waals surface area contributed by atoms with Crippen LogP contribution in [0.15, 0.2) is 48.9 Å². The van der Waals surface area contributed by atoms with Crippen molar-refractivity contribution in [2.75, 3.05) is 0 Å². The summed E-state index contributed by atoms with van der Waals surface area (Å²) in [6.45, 7) is 5.18.